The number of nitrogens with one attached hydrogen (secondary N) is 1. The fourth-order valence-electron chi connectivity index (χ4n) is 2.40. The zero-order valence-corrected chi connectivity index (χ0v) is 13.4. The van der Waals surface area contributed by atoms with E-state index in [1.807, 2.05) is 6.92 Å². The minimum Gasteiger partial charge on any atom is -0.340 e. The van der Waals surface area contributed by atoms with E-state index in [1.54, 1.807) is 20.8 Å². The largest absolute Gasteiger partial charge is 0.340 e. The van der Waals surface area contributed by atoms with Crippen LogP contribution in [0.5, 0.6) is 0 Å². The van der Waals surface area contributed by atoms with Crippen LogP contribution in [-0.2, 0) is 19.4 Å². The van der Waals surface area contributed by atoms with Crippen LogP contribution in [0.3, 0.4) is 0 Å². The minimum atomic E-state index is -3.17. The molecule has 6 nitrogen and oxygen atoms in total. The monoisotopic (exact) mass is 304 g/mol. The number of rotatable bonds is 6. The SMILES string of the molecule is CCCS(=O)(=O)CCN1C(=O)C(C)(C)NC(=O)C1CC. The molecule has 0 spiro atoms. The molecule has 20 heavy (non-hydrogen) atoms. The van der Waals surface area contributed by atoms with Crippen molar-refractivity contribution >= 4 is 21.7 Å². The Morgan fingerprint density at radius 1 is 1.20 bits per heavy atom. The molecule has 1 heterocycles. The molecule has 0 saturated carbocycles. The molecule has 7 heteroatoms. The predicted molar refractivity (Wildman–Crippen MR) is 77.0 cm³/mol. The summed E-state index contributed by atoms with van der Waals surface area (Å²) in [6.07, 6.45) is 1.03. The maximum Gasteiger partial charge on any atom is 0.248 e. The Bertz CT molecular complexity index is 485. The number of piperazine rings is 1. The van der Waals surface area contributed by atoms with E-state index >= 15 is 0 Å². The van der Waals surface area contributed by atoms with Crippen LogP contribution < -0.4 is 5.32 Å². The van der Waals surface area contributed by atoms with Crippen LogP contribution in [0.2, 0.25) is 0 Å². The van der Waals surface area contributed by atoms with Gasteiger partial charge in [-0.25, -0.2) is 8.42 Å². The van der Waals surface area contributed by atoms with Gasteiger partial charge >= 0.3 is 0 Å². The number of carbonyl (C=O) groups is 2. The molecule has 1 N–H and O–H groups in total. The Kier molecular flexibility index (Phi) is 5.18. The number of sulfone groups is 1. The van der Waals surface area contributed by atoms with Crippen molar-refractivity contribution in [2.24, 2.45) is 0 Å². The van der Waals surface area contributed by atoms with Crippen LogP contribution in [0.25, 0.3) is 0 Å². The highest BCUT2D eigenvalue weighted by Crippen LogP contribution is 2.19. The molecule has 1 aliphatic rings. The van der Waals surface area contributed by atoms with E-state index in [-0.39, 0.29) is 29.9 Å². The van der Waals surface area contributed by atoms with E-state index in [0.717, 1.165) is 0 Å². The van der Waals surface area contributed by atoms with Gasteiger partial charge in [-0.2, -0.15) is 0 Å². The summed E-state index contributed by atoms with van der Waals surface area (Å²) in [7, 11) is -3.17. The van der Waals surface area contributed by atoms with Gasteiger partial charge in [-0.3, -0.25) is 9.59 Å². The molecule has 0 aliphatic carbocycles. The first-order valence-corrected chi connectivity index (χ1v) is 8.80. The molecule has 0 aromatic rings. The maximum absolute atomic E-state index is 12.4. The topological polar surface area (TPSA) is 83.6 Å². The summed E-state index contributed by atoms with van der Waals surface area (Å²) < 4.78 is 23.6. The van der Waals surface area contributed by atoms with Crippen LogP contribution in [0.1, 0.15) is 40.5 Å². The molecule has 1 atom stereocenters. The van der Waals surface area contributed by atoms with Crippen molar-refractivity contribution in [3.05, 3.63) is 0 Å². The van der Waals surface area contributed by atoms with Crippen LogP contribution >= 0.6 is 0 Å². The second kappa shape index (κ2) is 6.11. The van der Waals surface area contributed by atoms with E-state index in [1.165, 1.54) is 4.90 Å². The number of hydrogen-bond donors (Lipinski definition) is 1. The molecule has 1 saturated heterocycles. The fourth-order valence-corrected chi connectivity index (χ4v) is 3.70. The second-order valence-electron chi connectivity index (χ2n) is 5.69. The molecule has 116 valence electrons. The zero-order valence-electron chi connectivity index (χ0n) is 12.6. The van der Waals surface area contributed by atoms with Gasteiger partial charge in [-0.05, 0) is 26.7 Å². The lowest BCUT2D eigenvalue weighted by Crippen LogP contribution is -2.68. The first kappa shape index (κ1) is 16.9. The Morgan fingerprint density at radius 2 is 1.80 bits per heavy atom. The van der Waals surface area contributed by atoms with E-state index in [0.29, 0.717) is 12.8 Å². The van der Waals surface area contributed by atoms with Gasteiger partial charge in [0.25, 0.3) is 0 Å². The predicted octanol–water partition coefficient (Wildman–Crippen LogP) is 0.327. The third-order valence-corrected chi connectivity index (χ3v) is 5.29. The summed E-state index contributed by atoms with van der Waals surface area (Å²) in [6, 6.07) is -0.577. The Morgan fingerprint density at radius 3 is 2.30 bits per heavy atom. The van der Waals surface area contributed by atoms with Crippen molar-refractivity contribution in [1.29, 1.82) is 0 Å². The minimum absolute atomic E-state index is 0.0799. The van der Waals surface area contributed by atoms with Gasteiger partial charge in [-0.15, -0.1) is 0 Å². The van der Waals surface area contributed by atoms with Crippen molar-refractivity contribution < 1.29 is 18.0 Å². The molecule has 2 amide bonds. The van der Waals surface area contributed by atoms with Gasteiger partial charge in [0.2, 0.25) is 11.8 Å². The van der Waals surface area contributed by atoms with Crippen LogP contribution in [0.4, 0.5) is 0 Å². The quantitative estimate of drug-likeness (QED) is 0.766. The molecule has 0 radical (unpaired) electrons. The molecule has 0 aromatic heterocycles. The van der Waals surface area contributed by atoms with Crippen LogP contribution in [0.15, 0.2) is 0 Å². The van der Waals surface area contributed by atoms with E-state index < -0.39 is 21.4 Å². The Hall–Kier alpha value is -1.11. The second-order valence-corrected chi connectivity index (χ2v) is 7.99. The summed E-state index contributed by atoms with van der Waals surface area (Å²) >= 11 is 0. The fraction of sp³-hybridized carbons (Fsp3) is 0.846. The van der Waals surface area contributed by atoms with E-state index in [2.05, 4.69) is 5.32 Å². The standard InChI is InChI=1S/C13H24N2O4S/c1-5-8-20(18,19)9-7-15-10(6-2)11(16)14-13(3,4)12(15)17/h10H,5-9H2,1-4H3,(H,14,16). The molecule has 1 rings (SSSR count). The van der Waals surface area contributed by atoms with Crippen molar-refractivity contribution in [2.75, 3.05) is 18.1 Å². The smallest absolute Gasteiger partial charge is 0.248 e. The third kappa shape index (κ3) is 3.71. The van der Waals surface area contributed by atoms with Gasteiger partial charge in [0.1, 0.15) is 11.6 Å². The number of carbonyl (C=O) groups excluding carboxylic acids is 2. The summed E-state index contributed by atoms with van der Waals surface area (Å²) in [5, 5.41) is 2.68. The summed E-state index contributed by atoms with van der Waals surface area (Å²) in [6.45, 7) is 6.95. The first-order chi connectivity index (χ1) is 9.14. The van der Waals surface area contributed by atoms with Crippen molar-refractivity contribution in [1.82, 2.24) is 10.2 Å². The third-order valence-electron chi connectivity index (χ3n) is 3.46. The summed E-state index contributed by atoms with van der Waals surface area (Å²) in [5.74, 6) is -0.422. The van der Waals surface area contributed by atoms with E-state index in [4.69, 9.17) is 0 Å². The molecular weight excluding hydrogens is 280 g/mol. The zero-order chi connectivity index (χ0) is 15.6. The lowest BCUT2D eigenvalue weighted by Gasteiger charge is -2.42. The normalized spacial score (nSPS) is 22.8. The average molecular weight is 304 g/mol. The first-order valence-electron chi connectivity index (χ1n) is 6.98. The maximum atomic E-state index is 12.4. The Labute approximate surface area is 120 Å². The highest BCUT2D eigenvalue weighted by Gasteiger charge is 2.44. The lowest BCUT2D eigenvalue weighted by molar-refractivity contribution is -0.153. The number of hydrogen-bond acceptors (Lipinski definition) is 4. The highest BCUT2D eigenvalue weighted by atomic mass is 32.2. The molecule has 0 aromatic carbocycles. The van der Waals surface area contributed by atoms with Gasteiger partial charge in [-0.1, -0.05) is 13.8 Å². The Balaban J connectivity index is 2.88. The van der Waals surface area contributed by atoms with Gasteiger partial charge in [0.15, 0.2) is 9.84 Å². The summed E-state index contributed by atoms with van der Waals surface area (Å²) in [5.41, 5.74) is -0.975. The van der Waals surface area contributed by atoms with Crippen molar-refractivity contribution in [2.45, 2.75) is 52.1 Å². The molecule has 1 aliphatic heterocycles. The van der Waals surface area contributed by atoms with Crippen molar-refractivity contribution in [3.8, 4) is 0 Å². The molecule has 0 bridgehead atoms. The molecular formula is C13H24N2O4S. The summed E-state index contributed by atoms with van der Waals surface area (Å²) in [4.78, 5) is 25.8. The number of nitrogens with zero attached hydrogens (tertiary/aromatic N) is 1. The average Bonchev–Trinajstić information content (AvgIpc) is 2.31. The van der Waals surface area contributed by atoms with Crippen LogP contribution in [0, 0.1) is 0 Å². The van der Waals surface area contributed by atoms with Gasteiger partial charge in [0.05, 0.1) is 5.75 Å². The molecule has 1 fully saturated rings. The van der Waals surface area contributed by atoms with Gasteiger partial charge < -0.3 is 10.2 Å². The highest BCUT2D eigenvalue weighted by molar-refractivity contribution is 7.91. The number of amides is 2. The van der Waals surface area contributed by atoms with E-state index in [9.17, 15) is 18.0 Å². The molecule has 1 unspecified atom stereocenters. The van der Waals surface area contributed by atoms with Crippen molar-refractivity contribution in [3.63, 3.8) is 0 Å². The van der Waals surface area contributed by atoms with Crippen LogP contribution in [-0.4, -0.2) is 54.8 Å². The van der Waals surface area contributed by atoms with Gasteiger partial charge in [0, 0.05) is 12.3 Å². The lowest BCUT2D eigenvalue weighted by atomic mass is 9.96.